The van der Waals surface area contributed by atoms with E-state index in [2.05, 4.69) is 5.32 Å². The maximum atomic E-state index is 12.9. The van der Waals surface area contributed by atoms with Gasteiger partial charge in [-0.15, -0.1) is 0 Å². The van der Waals surface area contributed by atoms with E-state index in [0.717, 1.165) is 49.9 Å². The second kappa shape index (κ2) is 14.9. The highest BCUT2D eigenvalue weighted by molar-refractivity contribution is 5.79. The van der Waals surface area contributed by atoms with E-state index in [1.54, 1.807) is 0 Å². The fourth-order valence-electron chi connectivity index (χ4n) is 5.77. The number of carbonyl (C=O) groups is 6. The predicted molar refractivity (Wildman–Crippen MR) is 156 cm³/mol. The molecular formula is C32H35NO13. The summed E-state index contributed by atoms with van der Waals surface area (Å²) < 4.78 is 32.6. The van der Waals surface area contributed by atoms with Gasteiger partial charge in [0.1, 0.15) is 31.3 Å². The number of amides is 1. The highest BCUT2D eigenvalue weighted by atomic mass is 16.7. The first-order valence-electron chi connectivity index (χ1n) is 14.5. The summed E-state index contributed by atoms with van der Waals surface area (Å²) >= 11 is 0. The smallest absolute Gasteiger partial charge is 0.407 e. The first kappa shape index (κ1) is 33.9. The molecule has 0 bridgehead atoms. The van der Waals surface area contributed by atoms with Crippen LogP contribution in [0.5, 0.6) is 0 Å². The third-order valence-electron chi connectivity index (χ3n) is 7.55. The number of esters is 4. The summed E-state index contributed by atoms with van der Waals surface area (Å²) in [5.74, 6) is -6.63. The van der Waals surface area contributed by atoms with Gasteiger partial charge < -0.3 is 38.8 Å². The molecule has 1 fully saturated rings. The number of ether oxygens (including phenoxy) is 6. The normalized spacial score (nSPS) is 22.3. The van der Waals surface area contributed by atoms with E-state index in [-0.39, 0.29) is 12.5 Å². The van der Waals surface area contributed by atoms with Crippen molar-refractivity contribution in [2.75, 3.05) is 19.8 Å². The number of rotatable bonds is 11. The monoisotopic (exact) mass is 641 g/mol. The average molecular weight is 642 g/mol. The Bertz CT molecular complexity index is 1440. The molecule has 2 aromatic carbocycles. The van der Waals surface area contributed by atoms with Gasteiger partial charge in [-0.2, -0.15) is 0 Å². The van der Waals surface area contributed by atoms with Crippen LogP contribution in [0.3, 0.4) is 0 Å². The van der Waals surface area contributed by atoms with Gasteiger partial charge in [0, 0.05) is 40.2 Å². The lowest BCUT2D eigenvalue weighted by atomic mass is 9.87. The lowest BCUT2D eigenvalue weighted by Gasteiger charge is -2.45. The molecule has 0 unspecified atom stereocenters. The molecule has 4 rings (SSSR count). The quantitative estimate of drug-likeness (QED) is 0.269. The molecule has 2 N–H and O–H groups in total. The van der Waals surface area contributed by atoms with Gasteiger partial charge in [-0.1, -0.05) is 48.5 Å². The number of aliphatic carboxylic acids is 1. The summed E-state index contributed by atoms with van der Waals surface area (Å²) in [4.78, 5) is 73.2. The van der Waals surface area contributed by atoms with E-state index in [4.69, 9.17) is 28.4 Å². The lowest BCUT2D eigenvalue weighted by molar-refractivity contribution is -0.260. The van der Waals surface area contributed by atoms with Crippen LogP contribution in [0.25, 0.3) is 11.1 Å². The second-order valence-electron chi connectivity index (χ2n) is 10.8. The van der Waals surface area contributed by atoms with Gasteiger partial charge in [0.15, 0.2) is 18.3 Å². The predicted octanol–water partition coefficient (Wildman–Crippen LogP) is 2.35. The van der Waals surface area contributed by atoms with E-state index in [0.29, 0.717) is 0 Å². The Morgan fingerprint density at radius 3 is 1.76 bits per heavy atom. The van der Waals surface area contributed by atoms with Crippen LogP contribution in [0.4, 0.5) is 4.79 Å². The molecule has 14 heteroatoms. The molecule has 0 aromatic heterocycles. The standard InChI is InChI=1S/C32H35NO13/c1-16(34)41-15-26-28(43-17(2)35)30(45-19(4)37)29(44-18(3)36)27(46-26)24(31(38)39)13-33-32(40)42-14-25-22-11-7-5-9-20(22)21-10-6-8-12-23(21)25/h5-12,24-30H,13-15H2,1-4H3,(H,33,40)(H,38,39)/t24-,26-,27+,28-,29+,30+/m1/s1. The molecule has 0 radical (unpaired) electrons. The number of hydrogen-bond acceptors (Lipinski definition) is 12. The van der Waals surface area contributed by atoms with E-state index < -0.39 is 85.5 Å². The van der Waals surface area contributed by atoms with E-state index >= 15 is 0 Å². The summed E-state index contributed by atoms with van der Waals surface area (Å²) in [6.45, 7) is 3.15. The van der Waals surface area contributed by atoms with Crippen molar-refractivity contribution in [2.45, 2.75) is 64.1 Å². The van der Waals surface area contributed by atoms with E-state index in [9.17, 15) is 33.9 Å². The van der Waals surface area contributed by atoms with Gasteiger partial charge in [-0.05, 0) is 22.3 Å². The van der Waals surface area contributed by atoms with Crippen molar-refractivity contribution in [3.8, 4) is 11.1 Å². The van der Waals surface area contributed by atoms with Crippen molar-refractivity contribution in [2.24, 2.45) is 5.92 Å². The fourth-order valence-corrected chi connectivity index (χ4v) is 5.77. The minimum Gasteiger partial charge on any atom is -0.481 e. The van der Waals surface area contributed by atoms with Crippen molar-refractivity contribution in [1.82, 2.24) is 5.32 Å². The Morgan fingerprint density at radius 2 is 1.24 bits per heavy atom. The van der Waals surface area contributed by atoms with Gasteiger partial charge in [-0.25, -0.2) is 4.79 Å². The molecule has 1 saturated heterocycles. The number of carboxylic acid groups (broad SMARTS) is 1. The Hall–Kier alpha value is -4.98. The van der Waals surface area contributed by atoms with Gasteiger partial charge in [0.25, 0.3) is 0 Å². The summed E-state index contributed by atoms with van der Waals surface area (Å²) in [6, 6.07) is 15.5. The molecule has 0 saturated carbocycles. The maximum absolute atomic E-state index is 12.9. The third-order valence-corrected chi connectivity index (χ3v) is 7.55. The van der Waals surface area contributed by atoms with Crippen LogP contribution in [0, 0.1) is 5.92 Å². The zero-order valence-corrected chi connectivity index (χ0v) is 25.6. The van der Waals surface area contributed by atoms with Gasteiger partial charge in [0.2, 0.25) is 0 Å². The first-order chi connectivity index (χ1) is 21.9. The van der Waals surface area contributed by atoms with Gasteiger partial charge in [-0.3, -0.25) is 24.0 Å². The maximum Gasteiger partial charge on any atom is 0.407 e. The van der Waals surface area contributed by atoms with Gasteiger partial charge in [0.05, 0.1) is 0 Å². The van der Waals surface area contributed by atoms with Gasteiger partial charge >= 0.3 is 35.9 Å². The molecular weight excluding hydrogens is 606 g/mol. The molecule has 1 aliphatic heterocycles. The molecule has 1 heterocycles. The minimum atomic E-state index is -1.61. The summed E-state index contributed by atoms with van der Waals surface area (Å²) in [5.41, 5.74) is 4.03. The number of nitrogens with one attached hydrogen (secondary N) is 1. The average Bonchev–Trinajstić information content (AvgIpc) is 3.30. The van der Waals surface area contributed by atoms with Crippen LogP contribution in [-0.4, -0.2) is 91.3 Å². The molecule has 14 nitrogen and oxygen atoms in total. The highest BCUT2D eigenvalue weighted by Crippen LogP contribution is 2.44. The summed E-state index contributed by atoms with van der Waals surface area (Å²) in [5, 5.41) is 12.6. The Labute approximate surface area is 264 Å². The summed E-state index contributed by atoms with van der Waals surface area (Å²) in [6.07, 6.45) is -8.45. The number of hydrogen-bond donors (Lipinski definition) is 2. The molecule has 1 aliphatic carbocycles. The van der Waals surface area contributed by atoms with Crippen LogP contribution in [-0.2, 0) is 52.4 Å². The topological polar surface area (TPSA) is 190 Å². The Balaban J connectivity index is 1.54. The second-order valence-corrected chi connectivity index (χ2v) is 10.8. The van der Waals surface area contributed by atoms with E-state index in [1.807, 2.05) is 48.5 Å². The molecule has 2 aliphatic rings. The van der Waals surface area contributed by atoms with Crippen LogP contribution < -0.4 is 5.32 Å². The van der Waals surface area contributed by atoms with Crippen molar-refractivity contribution >= 4 is 35.9 Å². The Morgan fingerprint density at radius 1 is 0.717 bits per heavy atom. The SMILES string of the molecule is CC(=O)OC[C@H]1O[C@@H]([C@@H](CNC(=O)OCC2c3ccccc3-c3ccccc32)C(=O)O)[C@H](OC(C)=O)[C@@H](OC(C)=O)[C@@H]1OC(C)=O. The molecule has 2 aromatic rings. The number of fused-ring (bicyclic) bond motifs is 3. The number of carbonyl (C=O) groups excluding carboxylic acids is 5. The molecule has 0 spiro atoms. The van der Waals surface area contributed by atoms with Crippen LogP contribution in [0.2, 0.25) is 0 Å². The van der Waals surface area contributed by atoms with Crippen molar-refractivity contribution in [1.29, 1.82) is 0 Å². The summed E-state index contributed by atoms with van der Waals surface area (Å²) in [7, 11) is 0. The van der Waals surface area contributed by atoms with Crippen molar-refractivity contribution < 1.29 is 62.3 Å². The number of alkyl carbamates (subject to hydrolysis) is 1. The molecule has 1 amide bonds. The van der Waals surface area contributed by atoms with E-state index in [1.165, 1.54) is 0 Å². The largest absolute Gasteiger partial charge is 0.481 e. The number of carboxylic acids is 1. The molecule has 246 valence electrons. The highest BCUT2D eigenvalue weighted by Gasteiger charge is 2.55. The zero-order valence-electron chi connectivity index (χ0n) is 25.6. The van der Waals surface area contributed by atoms with Crippen LogP contribution in [0.1, 0.15) is 44.7 Å². The zero-order chi connectivity index (χ0) is 33.5. The lowest BCUT2D eigenvalue weighted by Crippen LogP contribution is -2.65. The Kier molecular flexibility index (Phi) is 11.0. The molecule has 46 heavy (non-hydrogen) atoms. The van der Waals surface area contributed by atoms with Crippen LogP contribution >= 0.6 is 0 Å². The van der Waals surface area contributed by atoms with Crippen molar-refractivity contribution in [3.63, 3.8) is 0 Å². The number of benzene rings is 2. The minimum absolute atomic E-state index is 0.0311. The molecule has 6 atom stereocenters. The third kappa shape index (κ3) is 7.99. The fraction of sp³-hybridized carbons (Fsp3) is 0.438. The van der Waals surface area contributed by atoms with Crippen LogP contribution in [0.15, 0.2) is 48.5 Å². The first-order valence-corrected chi connectivity index (χ1v) is 14.5. The van der Waals surface area contributed by atoms with Crippen molar-refractivity contribution in [3.05, 3.63) is 59.7 Å².